The molecule has 0 atom stereocenters. The van der Waals surface area contributed by atoms with Crippen molar-refractivity contribution in [1.29, 1.82) is 0 Å². The molecule has 3 aromatic rings. The van der Waals surface area contributed by atoms with Crippen molar-refractivity contribution in [1.82, 2.24) is 0 Å². The van der Waals surface area contributed by atoms with Gasteiger partial charge in [0.25, 0.3) is 0 Å². The molecule has 208 valence electrons. The van der Waals surface area contributed by atoms with Crippen LogP contribution in [-0.2, 0) is 0 Å². The fourth-order valence-corrected chi connectivity index (χ4v) is 5.05. The van der Waals surface area contributed by atoms with Gasteiger partial charge in [0.05, 0.1) is 13.2 Å². The van der Waals surface area contributed by atoms with Gasteiger partial charge in [0.1, 0.15) is 0 Å². The molecule has 3 aromatic carbocycles. The number of rotatable bonds is 9. The minimum Gasteiger partial charge on any atom is -0.491 e. The summed E-state index contributed by atoms with van der Waals surface area (Å²) in [5.74, 6) is -7.20. The van der Waals surface area contributed by atoms with Gasteiger partial charge in [0.15, 0.2) is 34.8 Å². The van der Waals surface area contributed by atoms with Crippen LogP contribution in [0.1, 0.15) is 80.0 Å². The van der Waals surface area contributed by atoms with Crippen LogP contribution in [0.15, 0.2) is 36.4 Å². The number of halogens is 6. The molecule has 0 saturated heterocycles. The van der Waals surface area contributed by atoms with Crippen molar-refractivity contribution < 1.29 is 35.8 Å². The Hall–Kier alpha value is -3.42. The zero-order valence-corrected chi connectivity index (χ0v) is 21.8. The lowest BCUT2D eigenvalue weighted by Crippen LogP contribution is -2.15. The molecule has 39 heavy (non-hydrogen) atoms. The van der Waals surface area contributed by atoms with Crippen LogP contribution in [0.2, 0.25) is 0 Å². The summed E-state index contributed by atoms with van der Waals surface area (Å²) in [4.78, 5) is 0. The van der Waals surface area contributed by atoms with E-state index in [1.807, 2.05) is 6.92 Å². The van der Waals surface area contributed by atoms with Gasteiger partial charge < -0.3 is 9.47 Å². The minimum atomic E-state index is -1.14. The second kappa shape index (κ2) is 12.6. The van der Waals surface area contributed by atoms with Crippen LogP contribution < -0.4 is 9.47 Å². The fourth-order valence-electron chi connectivity index (χ4n) is 5.05. The number of ether oxygens (including phenoxy) is 2. The van der Waals surface area contributed by atoms with Gasteiger partial charge in [0.2, 0.25) is 11.6 Å². The summed E-state index contributed by atoms with van der Waals surface area (Å²) in [5.41, 5.74) is 0.228. The Morgan fingerprint density at radius 2 is 1.03 bits per heavy atom. The maximum atomic E-state index is 15.1. The van der Waals surface area contributed by atoms with Gasteiger partial charge in [-0.25, -0.2) is 17.6 Å². The zero-order valence-electron chi connectivity index (χ0n) is 21.8. The Kier molecular flexibility index (Phi) is 9.25. The van der Waals surface area contributed by atoms with Crippen molar-refractivity contribution in [3.8, 4) is 11.5 Å². The second-order valence-electron chi connectivity index (χ2n) is 9.60. The standard InChI is InChI=1S/C31H30F6O2/c1-3-17-39-25-15-12-21(27(33)30(25)36)10-9-20-11-13-22(28(34)26(20)32)18-5-7-19(8-6-18)23-14-16-24(38-4-2)31(37)29(23)35/h9-16,18-19H,3-8,17H2,1-2H3/b10-9+. The third-order valence-electron chi connectivity index (χ3n) is 7.11. The summed E-state index contributed by atoms with van der Waals surface area (Å²) in [6.07, 6.45) is 4.91. The summed E-state index contributed by atoms with van der Waals surface area (Å²) < 4.78 is 97.8. The van der Waals surface area contributed by atoms with Crippen LogP contribution in [0.4, 0.5) is 26.3 Å². The van der Waals surface area contributed by atoms with Gasteiger partial charge in [0, 0.05) is 11.1 Å². The van der Waals surface area contributed by atoms with E-state index in [-0.39, 0.29) is 58.8 Å². The first-order valence-electron chi connectivity index (χ1n) is 13.1. The molecule has 0 spiro atoms. The maximum absolute atomic E-state index is 15.1. The highest BCUT2D eigenvalue weighted by Gasteiger charge is 2.29. The largest absolute Gasteiger partial charge is 0.491 e. The van der Waals surface area contributed by atoms with E-state index in [0.29, 0.717) is 32.1 Å². The molecule has 1 saturated carbocycles. The molecule has 8 heteroatoms. The van der Waals surface area contributed by atoms with Gasteiger partial charge in [-0.15, -0.1) is 0 Å². The molecular weight excluding hydrogens is 518 g/mol. The molecule has 0 radical (unpaired) electrons. The number of hydrogen-bond acceptors (Lipinski definition) is 2. The summed E-state index contributed by atoms with van der Waals surface area (Å²) >= 11 is 0. The van der Waals surface area contributed by atoms with Crippen LogP contribution in [-0.4, -0.2) is 13.2 Å². The average molecular weight is 549 g/mol. The molecule has 0 aliphatic heterocycles. The molecule has 0 N–H and O–H groups in total. The number of benzene rings is 3. The molecule has 1 aliphatic carbocycles. The van der Waals surface area contributed by atoms with Gasteiger partial charge in [-0.05, 0) is 80.2 Å². The SMILES string of the molecule is CCCOc1ccc(/C=C/c2ccc(C3CCC(c4ccc(OCC)c(F)c4F)CC3)c(F)c2F)c(F)c1F. The molecule has 0 amide bonds. The van der Waals surface area contributed by atoms with Crippen LogP contribution in [0, 0.1) is 34.9 Å². The van der Waals surface area contributed by atoms with Crippen molar-refractivity contribution in [3.63, 3.8) is 0 Å². The van der Waals surface area contributed by atoms with E-state index in [9.17, 15) is 22.0 Å². The monoisotopic (exact) mass is 548 g/mol. The minimum absolute atomic E-state index is 0.108. The zero-order chi connectivity index (χ0) is 28.1. The van der Waals surface area contributed by atoms with E-state index >= 15 is 4.39 Å². The lowest BCUT2D eigenvalue weighted by molar-refractivity contribution is 0.295. The van der Waals surface area contributed by atoms with Crippen molar-refractivity contribution >= 4 is 12.2 Å². The molecule has 0 heterocycles. The van der Waals surface area contributed by atoms with Crippen molar-refractivity contribution in [3.05, 3.63) is 93.6 Å². The highest BCUT2D eigenvalue weighted by molar-refractivity contribution is 5.70. The van der Waals surface area contributed by atoms with Gasteiger partial charge in [-0.3, -0.25) is 0 Å². The fraction of sp³-hybridized carbons (Fsp3) is 0.355. The van der Waals surface area contributed by atoms with Gasteiger partial charge in [-0.2, -0.15) is 8.78 Å². The smallest absolute Gasteiger partial charge is 0.201 e. The van der Waals surface area contributed by atoms with Crippen molar-refractivity contribution in [2.45, 2.75) is 57.8 Å². The van der Waals surface area contributed by atoms with E-state index < -0.39 is 34.9 Å². The average Bonchev–Trinajstić information content (AvgIpc) is 2.94. The first kappa shape index (κ1) is 28.6. The lowest BCUT2D eigenvalue weighted by atomic mass is 9.75. The normalized spacial score (nSPS) is 17.5. The molecule has 0 aromatic heterocycles. The third-order valence-corrected chi connectivity index (χ3v) is 7.11. The van der Waals surface area contributed by atoms with Crippen LogP contribution >= 0.6 is 0 Å². The Bertz CT molecular complexity index is 1350. The summed E-state index contributed by atoms with van der Waals surface area (Å²) in [5, 5.41) is 0. The van der Waals surface area contributed by atoms with E-state index in [2.05, 4.69) is 0 Å². The summed E-state index contributed by atoms with van der Waals surface area (Å²) in [7, 11) is 0. The summed E-state index contributed by atoms with van der Waals surface area (Å²) in [6.45, 7) is 3.97. The highest BCUT2D eigenvalue weighted by atomic mass is 19.2. The number of hydrogen-bond donors (Lipinski definition) is 0. The van der Waals surface area contributed by atoms with Crippen molar-refractivity contribution in [2.24, 2.45) is 0 Å². The molecule has 1 aliphatic rings. The quantitative estimate of drug-likeness (QED) is 0.196. The Morgan fingerprint density at radius 1 is 0.590 bits per heavy atom. The topological polar surface area (TPSA) is 18.5 Å². The Morgan fingerprint density at radius 3 is 1.59 bits per heavy atom. The van der Waals surface area contributed by atoms with Gasteiger partial charge >= 0.3 is 0 Å². The highest BCUT2D eigenvalue weighted by Crippen LogP contribution is 2.43. The molecule has 1 fully saturated rings. The van der Waals surface area contributed by atoms with E-state index in [1.54, 1.807) is 6.92 Å². The van der Waals surface area contributed by atoms with E-state index in [0.717, 1.165) is 0 Å². The van der Waals surface area contributed by atoms with Crippen LogP contribution in [0.5, 0.6) is 11.5 Å². The van der Waals surface area contributed by atoms with Gasteiger partial charge in [-0.1, -0.05) is 37.3 Å². The molecule has 0 bridgehead atoms. The van der Waals surface area contributed by atoms with E-state index in [1.165, 1.54) is 48.6 Å². The summed E-state index contributed by atoms with van der Waals surface area (Å²) in [6, 6.07) is 8.41. The predicted molar refractivity (Wildman–Crippen MR) is 139 cm³/mol. The van der Waals surface area contributed by atoms with E-state index in [4.69, 9.17) is 9.47 Å². The van der Waals surface area contributed by atoms with Crippen molar-refractivity contribution in [2.75, 3.05) is 13.2 Å². The molecular formula is C31H30F6O2. The van der Waals surface area contributed by atoms with Crippen LogP contribution in [0.25, 0.3) is 12.2 Å². The first-order chi connectivity index (χ1) is 18.8. The first-order valence-corrected chi connectivity index (χ1v) is 13.1. The molecule has 2 nitrogen and oxygen atoms in total. The molecule has 4 rings (SSSR count). The van der Waals surface area contributed by atoms with Crippen LogP contribution in [0.3, 0.4) is 0 Å². The maximum Gasteiger partial charge on any atom is 0.201 e. The second-order valence-corrected chi connectivity index (χ2v) is 9.60. The third kappa shape index (κ3) is 6.10. The Balaban J connectivity index is 1.46. The Labute approximate surface area is 224 Å². The predicted octanol–water partition coefficient (Wildman–Crippen LogP) is 9.32. The lowest BCUT2D eigenvalue weighted by Gasteiger charge is -2.30. The molecule has 0 unspecified atom stereocenters.